The van der Waals surface area contributed by atoms with Gasteiger partial charge in [0.15, 0.2) is 5.41 Å². The van der Waals surface area contributed by atoms with Gasteiger partial charge in [0, 0.05) is 0 Å². The minimum absolute atomic E-state index is 0.0795. The molecule has 0 saturated heterocycles. The summed E-state index contributed by atoms with van der Waals surface area (Å²) in [5.41, 5.74) is -1.53. The van der Waals surface area contributed by atoms with Crippen LogP contribution in [0, 0.1) is 23.2 Å². The van der Waals surface area contributed by atoms with Crippen molar-refractivity contribution in [1.29, 1.82) is 0 Å². The van der Waals surface area contributed by atoms with Gasteiger partial charge in [0.2, 0.25) is 0 Å². The van der Waals surface area contributed by atoms with Gasteiger partial charge in [-0.1, -0.05) is 104 Å². The molecule has 4 nitrogen and oxygen atoms in total. The highest BCUT2D eigenvalue weighted by Crippen LogP contribution is 2.32. The number of carboxylic acids is 1. The molecule has 4 heteroatoms. The van der Waals surface area contributed by atoms with Crippen LogP contribution in [0.5, 0.6) is 0 Å². The fraction of sp³-hybridized carbons (Fsp3) is 0.862. The number of rotatable bonds is 22. The Morgan fingerprint density at radius 1 is 0.848 bits per heavy atom. The molecule has 0 bridgehead atoms. The van der Waals surface area contributed by atoms with E-state index in [2.05, 4.69) is 34.3 Å². The van der Waals surface area contributed by atoms with Gasteiger partial charge in [0.1, 0.15) is 0 Å². The summed E-state index contributed by atoms with van der Waals surface area (Å²) in [5, 5.41) is 9.38. The third-order valence-corrected chi connectivity index (χ3v) is 7.38. The Hall–Kier alpha value is -1.32. The second-order valence-electron chi connectivity index (χ2n) is 10.3. The van der Waals surface area contributed by atoms with Gasteiger partial charge in [-0.15, -0.1) is 6.58 Å². The van der Waals surface area contributed by atoms with Gasteiger partial charge in [-0.2, -0.15) is 0 Å². The van der Waals surface area contributed by atoms with E-state index < -0.39 is 17.4 Å². The molecule has 33 heavy (non-hydrogen) atoms. The Morgan fingerprint density at radius 3 is 1.79 bits per heavy atom. The van der Waals surface area contributed by atoms with Crippen LogP contribution in [0.15, 0.2) is 12.7 Å². The van der Waals surface area contributed by atoms with E-state index >= 15 is 0 Å². The average molecular weight is 467 g/mol. The molecule has 0 aliphatic heterocycles. The molecule has 3 unspecified atom stereocenters. The second-order valence-corrected chi connectivity index (χ2v) is 10.3. The molecule has 0 rings (SSSR count). The topological polar surface area (TPSA) is 63.6 Å². The minimum atomic E-state index is -1.53. The van der Waals surface area contributed by atoms with E-state index in [0.29, 0.717) is 6.61 Å². The normalized spacial score (nSPS) is 15.9. The van der Waals surface area contributed by atoms with E-state index in [1.54, 1.807) is 0 Å². The lowest BCUT2D eigenvalue weighted by atomic mass is 9.79. The lowest BCUT2D eigenvalue weighted by molar-refractivity contribution is -0.167. The summed E-state index contributed by atoms with van der Waals surface area (Å²) < 4.78 is 5.31. The van der Waals surface area contributed by atoms with Crippen LogP contribution in [-0.2, 0) is 14.3 Å². The summed E-state index contributed by atoms with van der Waals surface area (Å²) in [5.74, 6) is 0.670. The highest BCUT2D eigenvalue weighted by Gasteiger charge is 2.41. The molecule has 0 aromatic heterocycles. The Bertz CT molecular complexity index is 512. The van der Waals surface area contributed by atoms with Gasteiger partial charge in [-0.05, 0) is 50.4 Å². The Balaban J connectivity index is 4.64. The molecular formula is C29H54O4. The lowest BCUT2D eigenvalue weighted by Crippen LogP contribution is -2.37. The number of ether oxygens (including phenoxy) is 1. The van der Waals surface area contributed by atoms with Crippen LogP contribution in [-0.4, -0.2) is 23.7 Å². The third kappa shape index (κ3) is 13.2. The maximum atomic E-state index is 12.3. The average Bonchev–Trinajstić information content (AvgIpc) is 2.80. The Kier molecular flexibility index (Phi) is 18.3. The molecule has 3 atom stereocenters. The van der Waals surface area contributed by atoms with Gasteiger partial charge in [0.05, 0.1) is 6.61 Å². The molecule has 0 aliphatic carbocycles. The van der Waals surface area contributed by atoms with E-state index in [1.165, 1.54) is 83.6 Å². The molecule has 194 valence electrons. The van der Waals surface area contributed by atoms with Crippen LogP contribution in [0.3, 0.4) is 0 Å². The zero-order chi connectivity index (χ0) is 25.1. The Morgan fingerprint density at radius 2 is 1.36 bits per heavy atom. The molecule has 0 saturated carbocycles. The van der Waals surface area contributed by atoms with E-state index in [-0.39, 0.29) is 6.42 Å². The van der Waals surface area contributed by atoms with Crippen molar-refractivity contribution < 1.29 is 19.4 Å². The van der Waals surface area contributed by atoms with Crippen molar-refractivity contribution in [3.05, 3.63) is 12.7 Å². The molecular weight excluding hydrogens is 412 g/mol. The summed E-state index contributed by atoms with van der Waals surface area (Å²) in [4.78, 5) is 23.7. The first-order chi connectivity index (χ1) is 15.8. The number of hydrogen-bond acceptors (Lipinski definition) is 3. The minimum Gasteiger partial charge on any atom is -0.480 e. The van der Waals surface area contributed by atoms with Crippen LogP contribution in [0.1, 0.15) is 131 Å². The number of hydrogen-bond donors (Lipinski definition) is 1. The highest BCUT2D eigenvalue weighted by atomic mass is 16.5. The third-order valence-electron chi connectivity index (χ3n) is 7.38. The SMILES string of the molecule is C=CCC(C)(C(=O)O)C(=O)OCCCCCC(CC(CC)CCCC)CC(CC)CCCC. The van der Waals surface area contributed by atoms with E-state index in [1.807, 2.05) is 0 Å². The standard InChI is InChI=1S/C29H54O4/c1-7-12-17-24(10-4)22-26(23-25(11-5)18-13-8-2)19-15-14-16-21-33-28(32)29(6,20-9-3)27(30)31/h9,24-26H,3,7-8,10-23H2,1-2,4-6H3,(H,30,31). The van der Waals surface area contributed by atoms with Gasteiger partial charge in [0.25, 0.3) is 0 Å². The summed E-state index contributed by atoms with van der Waals surface area (Å²) in [7, 11) is 0. The number of aliphatic carboxylic acids is 1. The summed E-state index contributed by atoms with van der Waals surface area (Å²) >= 11 is 0. The zero-order valence-corrected chi connectivity index (χ0v) is 22.5. The van der Waals surface area contributed by atoms with E-state index in [9.17, 15) is 14.7 Å². The number of esters is 1. The summed E-state index contributed by atoms with van der Waals surface area (Å²) in [6.07, 6.45) is 19.0. The Labute approximate surface area is 204 Å². The van der Waals surface area contributed by atoms with E-state index in [0.717, 1.165) is 37.0 Å². The van der Waals surface area contributed by atoms with Crippen molar-refractivity contribution in [2.24, 2.45) is 23.2 Å². The second kappa shape index (κ2) is 19.0. The van der Waals surface area contributed by atoms with Crippen LogP contribution in [0.4, 0.5) is 0 Å². The van der Waals surface area contributed by atoms with Gasteiger partial charge in [-0.25, -0.2) is 0 Å². The molecule has 0 heterocycles. The molecule has 0 aromatic carbocycles. The van der Waals surface area contributed by atoms with Crippen molar-refractivity contribution in [1.82, 2.24) is 0 Å². The molecule has 0 spiro atoms. The van der Waals surface area contributed by atoms with Crippen molar-refractivity contribution in [3.8, 4) is 0 Å². The van der Waals surface area contributed by atoms with Crippen molar-refractivity contribution >= 4 is 11.9 Å². The fourth-order valence-electron chi connectivity index (χ4n) is 4.82. The molecule has 0 aromatic rings. The molecule has 0 fully saturated rings. The highest BCUT2D eigenvalue weighted by molar-refractivity contribution is 5.98. The van der Waals surface area contributed by atoms with Gasteiger partial charge < -0.3 is 9.84 Å². The number of allylic oxidation sites excluding steroid dienone is 1. The first-order valence-electron chi connectivity index (χ1n) is 13.8. The van der Waals surface area contributed by atoms with Crippen LogP contribution >= 0.6 is 0 Å². The van der Waals surface area contributed by atoms with Crippen molar-refractivity contribution in [3.63, 3.8) is 0 Å². The summed E-state index contributed by atoms with van der Waals surface area (Å²) in [6.45, 7) is 14.5. The number of carbonyl (C=O) groups excluding carboxylic acids is 1. The van der Waals surface area contributed by atoms with Crippen LogP contribution < -0.4 is 0 Å². The first-order valence-corrected chi connectivity index (χ1v) is 13.8. The number of unbranched alkanes of at least 4 members (excludes halogenated alkanes) is 4. The van der Waals surface area contributed by atoms with Gasteiger partial charge >= 0.3 is 11.9 Å². The van der Waals surface area contributed by atoms with Crippen LogP contribution in [0.25, 0.3) is 0 Å². The monoisotopic (exact) mass is 466 g/mol. The quantitative estimate of drug-likeness (QED) is 0.0751. The summed E-state index contributed by atoms with van der Waals surface area (Å²) in [6, 6.07) is 0. The molecule has 1 N–H and O–H groups in total. The molecule has 0 aliphatic rings. The maximum absolute atomic E-state index is 12.3. The number of carbonyl (C=O) groups is 2. The maximum Gasteiger partial charge on any atom is 0.323 e. The van der Waals surface area contributed by atoms with Crippen molar-refractivity contribution in [2.75, 3.05) is 6.61 Å². The van der Waals surface area contributed by atoms with Crippen molar-refractivity contribution in [2.45, 2.75) is 131 Å². The van der Waals surface area contributed by atoms with Crippen LogP contribution in [0.2, 0.25) is 0 Å². The fourth-order valence-corrected chi connectivity index (χ4v) is 4.82. The first kappa shape index (κ1) is 31.7. The predicted octanol–water partition coefficient (Wildman–Crippen LogP) is 8.59. The zero-order valence-electron chi connectivity index (χ0n) is 22.5. The van der Waals surface area contributed by atoms with E-state index in [4.69, 9.17) is 4.74 Å². The smallest absolute Gasteiger partial charge is 0.323 e. The molecule has 0 amide bonds. The van der Waals surface area contributed by atoms with Gasteiger partial charge in [-0.3, -0.25) is 9.59 Å². The largest absolute Gasteiger partial charge is 0.480 e. The number of carboxylic acid groups (broad SMARTS) is 1. The molecule has 0 radical (unpaired) electrons. The lowest BCUT2D eigenvalue weighted by Gasteiger charge is -2.27. The predicted molar refractivity (Wildman–Crippen MR) is 139 cm³/mol.